The van der Waals surface area contributed by atoms with E-state index >= 15 is 0 Å². The number of rotatable bonds is 2. The average molecular weight is 336 g/mol. The van der Waals surface area contributed by atoms with Crippen molar-refractivity contribution in [2.75, 3.05) is 0 Å². The number of phenols is 3. The van der Waals surface area contributed by atoms with Gasteiger partial charge in [0, 0.05) is 34.2 Å². The normalized spacial score (nSPS) is 11.1. The predicted molar refractivity (Wildman–Crippen MR) is 92.0 cm³/mol. The Hall–Kier alpha value is -3.47. The summed E-state index contributed by atoms with van der Waals surface area (Å²) in [5.74, 6) is -0.0596. The molecule has 0 spiro atoms. The molecule has 1 aromatic heterocycles. The van der Waals surface area contributed by atoms with Gasteiger partial charge in [-0.2, -0.15) is 0 Å². The van der Waals surface area contributed by atoms with Gasteiger partial charge in [0.1, 0.15) is 34.4 Å². The molecule has 1 heterocycles. The molecule has 0 aliphatic rings. The Morgan fingerprint density at radius 1 is 0.760 bits per heavy atom. The summed E-state index contributed by atoms with van der Waals surface area (Å²) in [4.78, 5) is 0. The molecule has 0 radical (unpaired) electrons. The van der Waals surface area contributed by atoms with Crippen molar-refractivity contribution in [3.05, 3.63) is 66.5 Å². The van der Waals surface area contributed by atoms with Gasteiger partial charge >= 0.3 is 0 Å². The van der Waals surface area contributed by atoms with Gasteiger partial charge in [0.05, 0.1) is 0 Å². The van der Waals surface area contributed by atoms with Gasteiger partial charge in [0.25, 0.3) is 0 Å². The Morgan fingerprint density at radius 3 is 2.16 bits per heavy atom. The van der Waals surface area contributed by atoms with Gasteiger partial charge in [0.2, 0.25) is 0 Å². The maximum Gasteiger partial charge on any atom is 0.143 e. The highest BCUT2D eigenvalue weighted by Gasteiger charge is 2.20. The summed E-state index contributed by atoms with van der Waals surface area (Å²) in [5.41, 5.74) is 2.11. The Kier molecular flexibility index (Phi) is 3.35. The van der Waals surface area contributed by atoms with Crippen LogP contribution in [0.5, 0.6) is 17.2 Å². The molecule has 5 heteroatoms. The van der Waals surface area contributed by atoms with Gasteiger partial charge in [-0.1, -0.05) is 0 Å². The molecule has 4 aromatic rings. The van der Waals surface area contributed by atoms with Gasteiger partial charge < -0.3 is 19.7 Å². The molecule has 3 aromatic carbocycles. The fourth-order valence-electron chi connectivity index (χ4n) is 2.89. The summed E-state index contributed by atoms with van der Waals surface area (Å²) >= 11 is 0. The molecule has 0 amide bonds. The lowest BCUT2D eigenvalue weighted by Gasteiger charge is -2.07. The SMILES string of the molecule is Oc1ccc(-c2c(-c3ccc(F)cc3)oc3cc(O)ccc23)c(O)c1. The minimum Gasteiger partial charge on any atom is -0.508 e. The third kappa shape index (κ3) is 2.55. The van der Waals surface area contributed by atoms with Gasteiger partial charge in [0.15, 0.2) is 0 Å². The van der Waals surface area contributed by atoms with E-state index in [2.05, 4.69) is 0 Å². The number of aromatic hydroxyl groups is 3. The maximum absolute atomic E-state index is 13.3. The van der Waals surface area contributed by atoms with Crippen molar-refractivity contribution < 1.29 is 24.1 Å². The van der Waals surface area contributed by atoms with E-state index in [0.717, 1.165) is 0 Å². The Bertz CT molecular complexity index is 1080. The molecule has 0 unspecified atom stereocenters. The number of furan rings is 1. The van der Waals surface area contributed by atoms with E-state index in [1.807, 2.05) is 0 Å². The van der Waals surface area contributed by atoms with E-state index in [9.17, 15) is 19.7 Å². The molecule has 0 aliphatic heterocycles. The summed E-state index contributed by atoms with van der Waals surface area (Å²) in [7, 11) is 0. The number of halogens is 1. The number of benzene rings is 3. The second kappa shape index (κ2) is 5.56. The summed E-state index contributed by atoms with van der Waals surface area (Å²) in [6, 6.07) is 14.8. The van der Waals surface area contributed by atoms with Crippen LogP contribution in [0.2, 0.25) is 0 Å². The van der Waals surface area contributed by atoms with Crippen molar-refractivity contribution in [2.24, 2.45) is 0 Å². The van der Waals surface area contributed by atoms with Crippen LogP contribution in [0.4, 0.5) is 4.39 Å². The second-order valence-electron chi connectivity index (χ2n) is 5.69. The number of fused-ring (bicyclic) bond motifs is 1. The molecule has 0 saturated heterocycles. The molecule has 0 aliphatic carbocycles. The lowest BCUT2D eigenvalue weighted by atomic mass is 9.97. The van der Waals surface area contributed by atoms with Gasteiger partial charge in [-0.05, 0) is 48.5 Å². The fourth-order valence-corrected chi connectivity index (χ4v) is 2.89. The van der Waals surface area contributed by atoms with E-state index in [1.165, 1.54) is 36.4 Å². The van der Waals surface area contributed by atoms with Crippen molar-refractivity contribution >= 4 is 11.0 Å². The molecule has 25 heavy (non-hydrogen) atoms. The van der Waals surface area contributed by atoms with Crippen molar-refractivity contribution in [3.63, 3.8) is 0 Å². The highest BCUT2D eigenvalue weighted by atomic mass is 19.1. The fraction of sp³-hybridized carbons (Fsp3) is 0. The zero-order valence-electron chi connectivity index (χ0n) is 12.9. The molecule has 0 fully saturated rings. The van der Waals surface area contributed by atoms with E-state index in [1.54, 1.807) is 24.3 Å². The monoisotopic (exact) mass is 336 g/mol. The molecule has 4 nitrogen and oxygen atoms in total. The van der Waals surface area contributed by atoms with Crippen LogP contribution >= 0.6 is 0 Å². The molecule has 0 bridgehead atoms. The van der Waals surface area contributed by atoms with Crippen LogP contribution in [-0.4, -0.2) is 15.3 Å². The van der Waals surface area contributed by atoms with Crippen LogP contribution in [-0.2, 0) is 0 Å². The third-order valence-corrected chi connectivity index (χ3v) is 4.03. The standard InChI is InChI=1S/C20H13FO4/c21-12-3-1-11(2-4-12)20-19(15-7-5-13(22)9-17(15)24)16-8-6-14(23)10-18(16)25-20/h1-10,22-24H. The van der Waals surface area contributed by atoms with Crippen LogP contribution in [0.25, 0.3) is 33.4 Å². The van der Waals surface area contributed by atoms with Crippen molar-refractivity contribution in [2.45, 2.75) is 0 Å². The third-order valence-electron chi connectivity index (χ3n) is 4.03. The Labute approximate surface area is 142 Å². The zero-order valence-corrected chi connectivity index (χ0v) is 12.9. The van der Waals surface area contributed by atoms with Gasteiger partial charge in [-0.15, -0.1) is 0 Å². The largest absolute Gasteiger partial charge is 0.508 e. The van der Waals surface area contributed by atoms with E-state index < -0.39 is 0 Å². The van der Waals surface area contributed by atoms with Crippen molar-refractivity contribution in [1.82, 2.24) is 0 Å². The first-order chi connectivity index (χ1) is 12.0. The molecule has 0 atom stereocenters. The molecular weight excluding hydrogens is 323 g/mol. The Morgan fingerprint density at radius 2 is 1.44 bits per heavy atom. The second-order valence-corrected chi connectivity index (χ2v) is 5.69. The first-order valence-corrected chi connectivity index (χ1v) is 7.57. The van der Waals surface area contributed by atoms with Crippen LogP contribution in [0.1, 0.15) is 0 Å². The van der Waals surface area contributed by atoms with Crippen LogP contribution in [0.3, 0.4) is 0 Å². The first-order valence-electron chi connectivity index (χ1n) is 7.57. The van der Waals surface area contributed by atoms with E-state index in [0.29, 0.717) is 33.4 Å². The molecular formula is C20H13FO4. The minimum absolute atomic E-state index is 0.0494. The van der Waals surface area contributed by atoms with Crippen LogP contribution < -0.4 is 0 Å². The maximum atomic E-state index is 13.3. The highest BCUT2D eigenvalue weighted by Crippen LogP contribution is 2.45. The van der Waals surface area contributed by atoms with Crippen molar-refractivity contribution in [3.8, 4) is 39.7 Å². The van der Waals surface area contributed by atoms with E-state index in [4.69, 9.17) is 4.42 Å². The van der Waals surface area contributed by atoms with E-state index in [-0.39, 0.29) is 23.1 Å². The summed E-state index contributed by atoms with van der Waals surface area (Å²) in [6.07, 6.45) is 0. The lowest BCUT2D eigenvalue weighted by molar-refractivity contribution is 0.452. The number of hydrogen-bond donors (Lipinski definition) is 3. The molecule has 0 saturated carbocycles. The molecule has 124 valence electrons. The van der Waals surface area contributed by atoms with Crippen molar-refractivity contribution in [1.29, 1.82) is 0 Å². The van der Waals surface area contributed by atoms with Gasteiger partial charge in [-0.25, -0.2) is 4.39 Å². The zero-order chi connectivity index (χ0) is 17.6. The quantitative estimate of drug-likeness (QED) is 0.480. The highest BCUT2D eigenvalue weighted by molar-refractivity contribution is 6.03. The summed E-state index contributed by atoms with van der Waals surface area (Å²) in [6.45, 7) is 0. The smallest absolute Gasteiger partial charge is 0.143 e. The number of hydrogen-bond acceptors (Lipinski definition) is 4. The predicted octanol–water partition coefficient (Wildman–Crippen LogP) is 5.02. The lowest BCUT2D eigenvalue weighted by Crippen LogP contribution is -1.83. The van der Waals surface area contributed by atoms with Gasteiger partial charge in [-0.3, -0.25) is 0 Å². The van der Waals surface area contributed by atoms with Crippen LogP contribution in [0.15, 0.2) is 65.1 Å². The Balaban J connectivity index is 2.06. The topological polar surface area (TPSA) is 73.8 Å². The molecule has 4 rings (SSSR count). The first kappa shape index (κ1) is 15.1. The molecule has 3 N–H and O–H groups in total. The number of phenolic OH excluding ortho intramolecular Hbond substituents is 3. The minimum atomic E-state index is -0.369. The van der Waals surface area contributed by atoms with Crippen LogP contribution in [0, 0.1) is 5.82 Å². The summed E-state index contributed by atoms with van der Waals surface area (Å²) < 4.78 is 19.1. The average Bonchev–Trinajstić information content (AvgIpc) is 2.94. The summed E-state index contributed by atoms with van der Waals surface area (Å²) in [5, 5.41) is 30.2.